The minimum Gasteiger partial charge on any atom is -0.462 e. The zero-order valence-electron chi connectivity index (χ0n) is 22.0. The minimum atomic E-state index is -0.692. The summed E-state index contributed by atoms with van der Waals surface area (Å²) >= 11 is 0. The number of likely N-dealkylation sites (tertiary alicyclic amines) is 1. The number of benzene rings is 1. The van der Waals surface area contributed by atoms with Crippen LogP contribution < -0.4 is 11.1 Å². The summed E-state index contributed by atoms with van der Waals surface area (Å²) in [5, 5.41) is 2.90. The molecular formula is C27H42N4O5. The summed E-state index contributed by atoms with van der Waals surface area (Å²) < 4.78 is 10.3. The molecule has 0 atom stereocenters. The second kappa shape index (κ2) is 15.9. The van der Waals surface area contributed by atoms with E-state index in [4.69, 9.17) is 15.2 Å². The molecule has 0 bridgehead atoms. The van der Waals surface area contributed by atoms with Crippen molar-refractivity contribution in [3.63, 3.8) is 0 Å². The van der Waals surface area contributed by atoms with Crippen LogP contribution in [-0.4, -0.2) is 61.1 Å². The lowest BCUT2D eigenvalue weighted by Gasteiger charge is -2.31. The van der Waals surface area contributed by atoms with Gasteiger partial charge < -0.3 is 20.5 Å². The first-order chi connectivity index (χ1) is 17.3. The fraction of sp³-hybridized carbons (Fsp3) is 0.630. The van der Waals surface area contributed by atoms with Crippen LogP contribution in [0.1, 0.15) is 77.7 Å². The third-order valence-corrected chi connectivity index (χ3v) is 6.11. The number of ether oxygens (including phenoxy) is 2. The van der Waals surface area contributed by atoms with Gasteiger partial charge in [-0.25, -0.2) is 4.79 Å². The van der Waals surface area contributed by atoms with Gasteiger partial charge in [0, 0.05) is 17.7 Å². The zero-order valence-corrected chi connectivity index (χ0v) is 22.0. The molecule has 0 spiro atoms. The van der Waals surface area contributed by atoms with Crippen LogP contribution in [0.3, 0.4) is 0 Å². The lowest BCUT2D eigenvalue weighted by Crippen LogP contribution is -2.38. The number of amides is 2. The van der Waals surface area contributed by atoms with E-state index in [2.05, 4.69) is 22.1 Å². The number of nitrogens with one attached hydrogen (secondary N) is 1. The molecule has 0 saturated carbocycles. The molecule has 2 amide bonds. The number of amidine groups is 1. The van der Waals surface area contributed by atoms with Crippen LogP contribution in [0.5, 0.6) is 0 Å². The maximum atomic E-state index is 12.4. The molecule has 1 aliphatic rings. The lowest BCUT2D eigenvalue weighted by molar-refractivity contribution is -0.149. The van der Waals surface area contributed by atoms with Gasteiger partial charge in [0.25, 0.3) is 0 Å². The highest BCUT2D eigenvalue weighted by atomic mass is 16.5. The van der Waals surface area contributed by atoms with Gasteiger partial charge in [0.05, 0.1) is 19.3 Å². The maximum absolute atomic E-state index is 12.4. The molecule has 1 saturated heterocycles. The Morgan fingerprint density at radius 2 is 1.81 bits per heavy atom. The summed E-state index contributed by atoms with van der Waals surface area (Å²) in [5.41, 5.74) is 7.16. The van der Waals surface area contributed by atoms with Gasteiger partial charge in [-0.05, 0) is 82.8 Å². The van der Waals surface area contributed by atoms with Crippen molar-refractivity contribution in [2.24, 2.45) is 16.6 Å². The quantitative estimate of drug-likeness (QED) is 0.176. The first-order valence-corrected chi connectivity index (χ1v) is 13.1. The van der Waals surface area contributed by atoms with Crippen molar-refractivity contribution in [2.45, 2.75) is 78.2 Å². The number of esters is 1. The average Bonchev–Trinajstić information content (AvgIpc) is 2.83. The molecule has 0 radical (unpaired) electrons. The average molecular weight is 503 g/mol. The highest BCUT2D eigenvalue weighted by Gasteiger charge is 2.22. The Bertz CT molecular complexity index is 861. The molecule has 9 heteroatoms. The number of rotatable bonds is 13. The summed E-state index contributed by atoms with van der Waals surface area (Å²) in [6, 6.07) is 6.90. The van der Waals surface area contributed by atoms with Crippen LogP contribution >= 0.6 is 0 Å². The van der Waals surface area contributed by atoms with Gasteiger partial charge in [-0.15, -0.1) is 0 Å². The Labute approximate surface area is 214 Å². The van der Waals surface area contributed by atoms with Crippen molar-refractivity contribution in [3.8, 4) is 0 Å². The topological polar surface area (TPSA) is 123 Å². The van der Waals surface area contributed by atoms with Gasteiger partial charge in [0.2, 0.25) is 5.91 Å². The molecule has 2 rings (SSSR count). The third-order valence-electron chi connectivity index (χ3n) is 6.11. The van der Waals surface area contributed by atoms with E-state index in [0.717, 1.165) is 58.0 Å². The number of aliphatic imine (C=N–C) groups is 1. The highest BCUT2D eigenvalue weighted by Crippen LogP contribution is 2.22. The summed E-state index contributed by atoms with van der Waals surface area (Å²) in [5.74, 6) is 0.326. The van der Waals surface area contributed by atoms with E-state index < -0.39 is 6.09 Å². The Kier molecular flexibility index (Phi) is 13.0. The number of hydrogen-bond donors (Lipinski definition) is 2. The van der Waals surface area contributed by atoms with Gasteiger partial charge in [-0.2, -0.15) is 4.99 Å². The highest BCUT2D eigenvalue weighted by molar-refractivity contribution is 6.03. The van der Waals surface area contributed by atoms with E-state index in [1.54, 1.807) is 24.3 Å². The van der Waals surface area contributed by atoms with Crippen LogP contribution in [0.2, 0.25) is 0 Å². The number of hydrogen-bond acceptors (Lipinski definition) is 6. The minimum absolute atomic E-state index is 0.0426. The molecule has 1 aromatic rings. The molecule has 1 heterocycles. The number of nitrogens with zero attached hydrogens (tertiary/aromatic N) is 2. The summed E-state index contributed by atoms with van der Waals surface area (Å²) in [4.78, 5) is 41.9. The van der Waals surface area contributed by atoms with Crippen LogP contribution in [0, 0.1) is 5.92 Å². The molecule has 9 nitrogen and oxygen atoms in total. The molecule has 0 unspecified atom stereocenters. The molecule has 3 N–H and O–H groups in total. The monoisotopic (exact) mass is 502 g/mol. The second-order valence-electron chi connectivity index (χ2n) is 9.59. The zero-order chi connectivity index (χ0) is 26.3. The van der Waals surface area contributed by atoms with Gasteiger partial charge in [-0.1, -0.05) is 26.2 Å². The van der Waals surface area contributed by atoms with Crippen LogP contribution in [0.25, 0.3) is 0 Å². The lowest BCUT2D eigenvalue weighted by atomic mass is 9.92. The van der Waals surface area contributed by atoms with E-state index in [1.165, 1.54) is 0 Å². The molecular weight excluding hydrogens is 460 g/mol. The molecule has 0 aliphatic carbocycles. The standard InChI is InChI=1S/C27H42N4O5/c1-4-5-6-7-18-35-27(34)30-26(28)22-9-11-23(12-10-22)29-24(32)13-8-21-14-16-31(17-15-21)19-25(33)36-20(2)3/h9-12,20-21H,4-8,13-19H2,1-3H3,(H,29,32)(H2,28,30,34). The van der Waals surface area contributed by atoms with Crippen LogP contribution in [-0.2, 0) is 19.1 Å². The molecule has 200 valence electrons. The largest absolute Gasteiger partial charge is 0.462 e. The predicted octanol–water partition coefficient (Wildman–Crippen LogP) is 4.49. The van der Waals surface area contributed by atoms with E-state index in [-0.39, 0.29) is 23.8 Å². The number of carbonyl (C=O) groups excluding carboxylic acids is 3. The number of anilines is 1. The molecule has 1 fully saturated rings. The molecule has 1 aromatic carbocycles. The SMILES string of the molecule is CCCCCCOC(=O)/N=C(\N)c1ccc(NC(=O)CCC2CCN(CC(=O)OC(C)C)CC2)cc1. The van der Waals surface area contributed by atoms with E-state index >= 15 is 0 Å². The number of unbranched alkanes of at least 4 members (excludes halogenated alkanes) is 3. The fourth-order valence-corrected chi connectivity index (χ4v) is 4.08. The summed E-state index contributed by atoms with van der Waals surface area (Å²) in [6.45, 7) is 8.18. The van der Waals surface area contributed by atoms with Crippen molar-refractivity contribution >= 4 is 29.5 Å². The maximum Gasteiger partial charge on any atom is 0.435 e. The van der Waals surface area contributed by atoms with Gasteiger partial charge in [0.15, 0.2) is 0 Å². The van der Waals surface area contributed by atoms with E-state index in [9.17, 15) is 14.4 Å². The van der Waals surface area contributed by atoms with Crippen molar-refractivity contribution in [2.75, 3.05) is 31.6 Å². The van der Waals surface area contributed by atoms with Crippen molar-refractivity contribution in [1.29, 1.82) is 0 Å². The predicted molar refractivity (Wildman–Crippen MR) is 141 cm³/mol. The molecule has 36 heavy (non-hydrogen) atoms. The van der Waals surface area contributed by atoms with Gasteiger partial charge >= 0.3 is 12.1 Å². The number of nitrogens with two attached hydrogens (primary N) is 1. The Morgan fingerprint density at radius 1 is 1.11 bits per heavy atom. The smallest absolute Gasteiger partial charge is 0.435 e. The second-order valence-corrected chi connectivity index (χ2v) is 9.59. The molecule has 1 aliphatic heterocycles. The van der Waals surface area contributed by atoms with Crippen molar-refractivity contribution in [1.82, 2.24) is 4.90 Å². The van der Waals surface area contributed by atoms with Crippen LogP contribution in [0.4, 0.5) is 10.5 Å². The Balaban J connectivity index is 1.68. The number of carbonyl (C=O) groups is 3. The summed E-state index contributed by atoms with van der Waals surface area (Å²) in [6.07, 6.45) is 6.48. The first kappa shape index (κ1) is 29.3. The fourth-order valence-electron chi connectivity index (χ4n) is 4.08. The normalized spacial score (nSPS) is 15.1. The first-order valence-electron chi connectivity index (χ1n) is 13.1. The third kappa shape index (κ3) is 11.7. The van der Waals surface area contributed by atoms with E-state index in [0.29, 0.717) is 36.7 Å². The molecule has 0 aromatic heterocycles. The number of piperidine rings is 1. The van der Waals surface area contributed by atoms with Gasteiger partial charge in [0.1, 0.15) is 5.84 Å². The Morgan fingerprint density at radius 3 is 2.44 bits per heavy atom. The van der Waals surface area contributed by atoms with Gasteiger partial charge in [-0.3, -0.25) is 14.5 Å². The van der Waals surface area contributed by atoms with Crippen molar-refractivity contribution < 1.29 is 23.9 Å². The van der Waals surface area contributed by atoms with E-state index in [1.807, 2.05) is 13.8 Å². The van der Waals surface area contributed by atoms with Crippen molar-refractivity contribution in [3.05, 3.63) is 29.8 Å². The van der Waals surface area contributed by atoms with Crippen LogP contribution in [0.15, 0.2) is 29.3 Å². The Hall–Kier alpha value is -2.94. The summed E-state index contributed by atoms with van der Waals surface area (Å²) in [7, 11) is 0.